The second-order valence-electron chi connectivity index (χ2n) is 6.50. The number of nitrogens with zero attached hydrogens (tertiary/aromatic N) is 1. The zero-order chi connectivity index (χ0) is 22.4. The summed E-state index contributed by atoms with van der Waals surface area (Å²) in [7, 11) is 0. The standard InChI is InChI=1S/C23H19BrCl2N2O3/c1-2-28(18-9-4-3-5-10-18)23(30)15-7-6-8-17(11-15)27-21(29)14-31-22-19(24)12-16(25)13-20(22)26/h3-13H,2,14H2,1H3,(H,27,29). The predicted molar refractivity (Wildman–Crippen MR) is 129 cm³/mol. The van der Waals surface area contributed by atoms with Crippen LogP contribution in [0.1, 0.15) is 17.3 Å². The summed E-state index contributed by atoms with van der Waals surface area (Å²) in [4.78, 5) is 27.0. The molecule has 0 unspecified atom stereocenters. The maximum absolute atomic E-state index is 13.0. The Morgan fingerprint density at radius 2 is 1.77 bits per heavy atom. The number of amides is 2. The normalized spacial score (nSPS) is 10.5. The van der Waals surface area contributed by atoms with Crippen molar-refractivity contribution in [2.24, 2.45) is 0 Å². The number of ether oxygens (including phenoxy) is 1. The monoisotopic (exact) mass is 520 g/mol. The van der Waals surface area contributed by atoms with E-state index >= 15 is 0 Å². The van der Waals surface area contributed by atoms with E-state index in [1.807, 2.05) is 37.3 Å². The van der Waals surface area contributed by atoms with Gasteiger partial charge in [-0.2, -0.15) is 0 Å². The van der Waals surface area contributed by atoms with E-state index in [-0.39, 0.29) is 12.5 Å². The van der Waals surface area contributed by atoms with Gasteiger partial charge in [-0.05, 0) is 65.3 Å². The van der Waals surface area contributed by atoms with Gasteiger partial charge in [-0.3, -0.25) is 9.59 Å². The van der Waals surface area contributed by atoms with E-state index in [0.29, 0.717) is 38.1 Å². The Morgan fingerprint density at radius 3 is 2.45 bits per heavy atom. The molecule has 0 aliphatic carbocycles. The lowest BCUT2D eigenvalue weighted by molar-refractivity contribution is -0.118. The maximum Gasteiger partial charge on any atom is 0.262 e. The van der Waals surface area contributed by atoms with E-state index in [1.165, 1.54) is 6.07 Å². The van der Waals surface area contributed by atoms with Gasteiger partial charge in [0, 0.05) is 28.5 Å². The molecule has 0 saturated carbocycles. The van der Waals surface area contributed by atoms with Crippen molar-refractivity contribution >= 4 is 62.3 Å². The fraction of sp³-hybridized carbons (Fsp3) is 0.130. The van der Waals surface area contributed by atoms with Crippen molar-refractivity contribution < 1.29 is 14.3 Å². The number of benzene rings is 3. The Morgan fingerprint density at radius 1 is 1.03 bits per heavy atom. The molecule has 3 rings (SSSR count). The van der Waals surface area contributed by atoms with Crippen LogP contribution < -0.4 is 15.0 Å². The molecule has 2 amide bonds. The molecule has 0 aliphatic heterocycles. The molecule has 5 nitrogen and oxygen atoms in total. The zero-order valence-electron chi connectivity index (χ0n) is 16.6. The summed E-state index contributed by atoms with van der Waals surface area (Å²) in [5, 5.41) is 3.48. The molecule has 0 radical (unpaired) electrons. The van der Waals surface area contributed by atoms with Crippen LogP contribution in [0.3, 0.4) is 0 Å². The van der Waals surface area contributed by atoms with E-state index in [9.17, 15) is 9.59 Å². The van der Waals surface area contributed by atoms with Crippen LogP contribution in [0.2, 0.25) is 10.0 Å². The molecule has 0 fully saturated rings. The summed E-state index contributed by atoms with van der Waals surface area (Å²) >= 11 is 15.4. The van der Waals surface area contributed by atoms with E-state index in [2.05, 4.69) is 21.2 Å². The molecule has 3 aromatic carbocycles. The van der Waals surface area contributed by atoms with Crippen LogP contribution in [0, 0.1) is 0 Å². The van der Waals surface area contributed by atoms with Crippen molar-refractivity contribution in [3.63, 3.8) is 0 Å². The van der Waals surface area contributed by atoms with E-state index in [1.54, 1.807) is 35.2 Å². The number of hydrogen-bond acceptors (Lipinski definition) is 3. The molecule has 0 saturated heterocycles. The van der Waals surface area contributed by atoms with Crippen LogP contribution in [0.4, 0.5) is 11.4 Å². The minimum atomic E-state index is -0.391. The predicted octanol–water partition coefficient (Wildman–Crippen LogP) is 6.44. The van der Waals surface area contributed by atoms with Crippen LogP contribution in [-0.4, -0.2) is 25.0 Å². The van der Waals surface area contributed by atoms with Gasteiger partial charge in [-0.15, -0.1) is 0 Å². The minimum absolute atomic E-state index is 0.155. The smallest absolute Gasteiger partial charge is 0.262 e. The molecule has 3 aromatic rings. The molecule has 8 heteroatoms. The first-order valence-corrected chi connectivity index (χ1v) is 11.0. The van der Waals surface area contributed by atoms with Gasteiger partial charge in [0.2, 0.25) is 0 Å². The average Bonchev–Trinajstić information content (AvgIpc) is 2.74. The summed E-state index contributed by atoms with van der Waals surface area (Å²) in [6.07, 6.45) is 0. The summed E-state index contributed by atoms with van der Waals surface area (Å²) in [5.74, 6) is -0.220. The highest BCUT2D eigenvalue weighted by atomic mass is 79.9. The molecule has 0 bridgehead atoms. The second kappa shape index (κ2) is 10.7. The highest BCUT2D eigenvalue weighted by Gasteiger charge is 2.17. The average molecular weight is 522 g/mol. The van der Waals surface area contributed by atoms with Crippen molar-refractivity contribution in [2.45, 2.75) is 6.92 Å². The molecule has 0 heterocycles. The Hall–Kier alpha value is -2.54. The van der Waals surface area contributed by atoms with Gasteiger partial charge in [-0.1, -0.05) is 47.5 Å². The van der Waals surface area contributed by atoms with Gasteiger partial charge in [0.1, 0.15) is 0 Å². The van der Waals surface area contributed by atoms with Crippen LogP contribution in [0.25, 0.3) is 0 Å². The van der Waals surface area contributed by atoms with Gasteiger partial charge in [0.25, 0.3) is 11.8 Å². The largest absolute Gasteiger partial charge is 0.481 e. The number of anilines is 2. The van der Waals surface area contributed by atoms with Crippen LogP contribution in [-0.2, 0) is 4.79 Å². The Balaban J connectivity index is 1.67. The molecule has 0 atom stereocenters. The third kappa shape index (κ3) is 6.00. The molecule has 31 heavy (non-hydrogen) atoms. The van der Waals surface area contributed by atoms with Crippen molar-refractivity contribution in [3.8, 4) is 5.75 Å². The van der Waals surface area contributed by atoms with Gasteiger partial charge in [0.15, 0.2) is 12.4 Å². The summed E-state index contributed by atoms with van der Waals surface area (Å²) < 4.78 is 6.07. The summed E-state index contributed by atoms with van der Waals surface area (Å²) in [5.41, 5.74) is 1.76. The van der Waals surface area contributed by atoms with Crippen molar-refractivity contribution in [2.75, 3.05) is 23.4 Å². The number of para-hydroxylation sites is 1. The quantitative estimate of drug-likeness (QED) is 0.389. The number of carbonyl (C=O) groups is 2. The summed E-state index contributed by atoms with van der Waals surface area (Å²) in [6, 6.07) is 19.4. The fourth-order valence-electron chi connectivity index (χ4n) is 2.94. The van der Waals surface area contributed by atoms with Crippen LogP contribution >= 0.6 is 39.1 Å². The van der Waals surface area contributed by atoms with E-state index in [4.69, 9.17) is 27.9 Å². The number of carbonyl (C=O) groups excluding carboxylic acids is 2. The Bertz CT molecular complexity index is 1070. The van der Waals surface area contributed by atoms with Gasteiger partial charge >= 0.3 is 0 Å². The third-order valence-electron chi connectivity index (χ3n) is 4.33. The highest BCUT2D eigenvalue weighted by Crippen LogP contribution is 2.36. The van der Waals surface area contributed by atoms with E-state index in [0.717, 1.165) is 5.69 Å². The van der Waals surface area contributed by atoms with Gasteiger partial charge < -0.3 is 15.0 Å². The first-order chi connectivity index (χ1) is 14.9. The number of nitrogens with one attached hydrogen (secondary N) is 1. The second-order valence-corrected chi connectivity index (χ2v) is 8.20. The number of hydrogen-bond donors (Lipinski definition) is 1. The SMILES string of the molecule is CCN(C(=O)c1cccc(NC(=O)COc2c(Cl)cc(Cl)cc2Br)c1)c1ccccc1. The first kappa shape index (κ1) is 23.1. The maximum atomic E-state index is 13.0. The lowest BCUT2D eigenvalue weighted by Gasteiger charge is -2.21. The molecular weight excluding hydrogens is 503 g/mol. The summed E-state index contributed by atoms with van der Waals surface area (Å²) in [6.45, 7) is 2.17. The molecule has 0 aliphatic rings. The van der Waals surface area contributed by atoms with Gasteiger partial charge in [0.05, 0.1) is 9.50 Å². The Labute approximate surface area is 199 Å². The topological polar surface area (TPSA) is 58.6 Å². The van der Waals surface area contributed by atoms with Crippen LogP contribution in [0.5, 0.6) is 5.75 Å². The third-order valence-corrected chi connectivity index (χ3v) is 5.42. The van der Waals surface area contributed by atoms with E-state index < -0.39 is 5.91 Å². The van der Waals surface area contributed by atoms with Crippen LogP contribution in [0.15, 0.2) is 71.2 Å². The molecule has 0 aromatic heterocycles. The molecular formula is C23H19BrCl2N2O3. The van der Waals surface area contributed by atoms with Gasteiger partial charge in [-0.25, -0.2) is 0 Å². The molecule has 0 spiro atoms. The Kier molecular flexibility index (Phi) is 7.96. The minimum Gasteiger partial charge on any atom is -0.481 e. The van der Waals surface area contributed by atoms with Crippen molar-refractivity contribution in [1.29, 1.82) is 0 Å². The highest BCUT2D eigenvalue weighted by molar-refractivity contribution is 9.10. The lowest BCUT2D eigenvalue weighted by atomic mass is 10.1. The van der Waals surface area contributed by atoms with Crippen molar-refractivity contribution in [3.05, 3.63) is 86.8 Å². The molecule has 1 N–H and O–H groups in total. The number of rotatable bonds is 7. The molecule has 160 valence electrons. The lowest BCUT2D eigenvalue weighted by Crippen LogP contribution is -2.30. The first-order valence-electron chi connectivity index (χ1n) is 9.43. The van der Waals surface area contributed by atoms with Crippen molar-refractivity contribution in [1.82, 2.24) is 0 Å². The zero-order valence-corrected chi connectivity index (χ0v) is 19.7. The fourth-order valence-corrected chi connectivity index (χ4v) is 4.31. The number of halogens is 3.